The second kappa shape index (κ2) is 6.49. The van der Waals surface area contributed by atoms with Crippen molar-refractivity contribution in [3.8, 4) is 0 Å². The van der Waals surface area contributed by atoms with E-state index in [1.54, 1.807) is 0 Å². The topological polar surface area (TPSA) is 86.7 Å². The molecule has 0 saturated heterocycles. The van der Waals surface area contributed by atoms with E-state index in [1.165, 1.54) is 0 Å². The van der Waals surface area contributed by atoms with Gasteiger partial charge in [-0.05, 0) is 20.8 Å². The standard InChI is InChI=1S/C8H12F6O6S2/c1-4(7(9,10)11)21(15,16)19-6(3)20-22(17,18)5(2)8(12,13)14/h4-6H,1-3H3. The molecule has 0 aliphatic rings. The third-order valence-corrected chi connectivity index (χ3v) is 5.67. The zero-order chi connectivity index (χ0) is 18.1. The molecule has 0 fully saturated rings. The molecule has 2 unspecified atom stereocenters. The van der Waals surface area contributed by atoms with Crippen LogP contribution in [0.25, 0.3) is 0 Å². The zero-order valence-corrected chi connectivity index (χ0v) is 12.9. The Morgan fingerprint density at radius 2 is 0.909 bits per heavy atom. The summed E-state index contributed by atoms with van der Waals surface area (Å²) in [7, 11) is -10.7. The SMILES string of the molecule is CC(OS(=O)(=O)C(C)C(F)(F)F)OS(=O)(=O)C(C)C(F)(F)F. The van der Waals surface area contributed by atoms with Gasteiger partial charge in [-0.15, -0.1) is 0 Å². The van der Waals surface area contributed by atoms with Gasteiger partial charge >= 0.3 is 12.4 Å². The van der Waals surface area contributed by atoms with E-state index in [0.29, 0.717) is 6.92 Å². The molecule has 14 heteroatoms. The summed E-state index contributed by atoms with van der Waals surface area (Å²) < 4.78 is 126. The van der Waals surface area contributed by atoms with Crippen molar-refractivity contribution < 1.29 is 51.5 Å². The normalized spacial score (nSPS) is 18.8. The molecular formula is C8H12F6O6S2. The quantitative estimate of drug-likeness (QED) is 0.396. The molecule has 0 amide bonds. The van der Waals surface area contributed by atoms with Gasteiger partial charge in [-0.1, -0.05) is 0 Å². The Bertz CT molecular complexity index is 525. The highest BCUT2D eigenvalue weighted by atomic mass is 32.2. The first kappa shape index (κ1) is 21.4. The summed E-state index contributed by atoms with van der Waals surface area (Å²) in [4.78, 5) is 0. The molecule has 0 aromatic rings. The summed E-state index contributed by atoms with van der Waals surface area (Å²) in [5.74, 6) is 0. The van der Waals surface area contributed by atoms with Crippen LogP contribution in [-0.2, 0) is 28.6 Å². The molecule has 0 aliphatic carbocycles. The van der Waals surface area contributed by atoms with E-state index in [9.17, 15) is 43.2 Å². The van der Waals surface area contributed by atoms with Crippen molar-refractivity contribution in [2.75, 3.05) is 0 Å². The van der Waals surface area contributed by atoms with Crippen LogP contribution in [0.3, 0.4) is 0 Å². The van der Waals surface area contributed by atoms with E-state index in [4.69, 9.17) is 0 Å². The summed E-state index contributed by atoms with van der Waals surface area (Å²) in [6.07, 6.45) is -12.8. The number of hydrogen-bond donors (Lipinski definition) is 0. The summed E-state index contributed by atoms with van der Waals surface area (Å²) in [5, 5.41) is -6.04. The molecule has 0 aliphatic heterocycles. The third-order valence-electron chi connectivity index (χ3n) is 2.33. The second-order valence-electron chi connectivity index (χ2n) is 4.11. The monoisotopic (exact) mass is 382 g/mol. The molecule has 0 spiro atoms. The fourth-order valence-corrected chi connectivity index (χ4v) is 2.76. The highest BCUT2D eigenvalue weighted by Crippen LogP contribution is 2.29. The van der Waals surface area contributed by atoms with Gasteiger partial charge in [0.25, 0.3) is 20.2 Å². The molecule has 22 heavy (non-hydrogen) atoms. The number of alkyl halides is 6. The molecule has 0 aromatic heterocycles. The Balaban J connectivity index is 5.08. The van der Waals surface area contributed by atoms with E-state index in [0.717, 1.165) is 0 Å². The zero-order valence-electron chi connectivity index (χ0n) is 11.3. The van der Waals surface area contributed by atoms with Crippen LogP contribution in [0, 0.1) is 0 Å². The van der Waals surface area contributed by atoms with Crippen molar-refractivity contribution >= 4 is 20.2 Å². The lowest BCUT2D eigenvalue weighted by Gasteiger charge is -2.21. The maximum absolute atomic E-state index is 12.3. The van der Waals surface area contributed by atoms with E-state index >= 15 is 0 Å². The summed E-state index contributed by atoms with van der Waals surface area (Å²) >= 11 is 0. The lowest BCUT2D eigenvalue weighted by atomic mass is 10.5. The van der Waals surface area contributed by atoms with Crippen molar-refractivity contribution in [1.82, 2.24) is 0 Å². The molecule has 0 bridgehead atoms. The molecule has 2 atom stereocenters. The van der Waals surface area contributed by atoms with E-state index in [2.05, 4.69) is 8.37 Å². The predicted molar refractivity (Wildman–Crippen MR) is 60.5 cm³/mol. The van der Waals surface area contributed by atoms with Crippen LogP contribution in [0.15, 0.2) is 0 Å². The maximum atomic E-state index is 12.3. The largest absolute Gasteiger partial charge is 0.407 e. The van der Waals surface area contributed by atoms with Crippen LogP contribution < -0.4 is 0 Å². The minimum Gasteiger partial charge on any atom is -0.237 e. The van der Waals surface area contributed by atoms with Gasteiger partial charge in [-0.2, -0.15) is 43.2 Å². The first-order valence-corrected chi connectivity index (χ1v) is 8.33. The molecule has 6 nitrogen and oxygen atoms in total. The van der Waals surface area contributed by atoms with Crippen LogP contribution in [-0.4, -0.2) is 46.0 Å². The Morgan fingerprint density at radius 3 is 1.09 bits per heavy atom. The van der Waals surface area contributed by atoms with Gasteiger partial charge in [0.1, 0.15) is 0 Å². The highest BCUT2D eigenvalue weighted by Gasteiger charge is 2.49. The average molecular weight is 382 g/mol. The molecule has 0 saturated carbocycles. The van der Waals surface area contributed by atoms with Crippen LogP contribution in [0.5, 0.6) is 0 Å². The third kappa shape index (κ3) is 5.89. The summed E-state index contributed by atoms with van der Waals surface area (Å²) in [6, 6.07) is 0. The molecule has 0 aromatic carbocycles. The molecule has 0 radical (unpaired) electrons. The Hall–Kier alpha value is -0.600. The van der Waals surface area contributed by atoms with E-state index in [1.807, 2.05) is 0 Å². The van der Waals surface area contributed by atoms with Crippen LogP contribution in [0.1, 0.15) is 20.8 Å². The van der Waals surface area contributed by atoms with Gasteiger partial charge in [0.05, 0.1) is 0 Å². The fraction of sp³-hybridized carbons (Fsp3) is 1.00. The number of rotatable bonds is 6. The van der Waals surface area contributed by atoms with E-state index < -0.39 is 49.4 Å². The lowest BCUT2D eigenvalue weighted by molar-refractivity contribution is -0.130. The Labute approximate surface area is 122 Å². The van der Waals surface area contributed by atoms with Crippen LogP contribution >= 0.6 is 0 Å². The van der Waals surface area contributed by atoms with E-state index in [-0.39, 0.29) is 13.8 Å². The van der Waals surface area contributed by atoms with Crippen molar-refractivity contribution in [3.63, 3.8) is 0 Å². The molecule has 0 heterocycles. The van der Waals surface area contributed by atoms with Crippen LogP contribution in [0.2, 0.25) is 0 Å². The van der Waals surface area contributed by atoms with Gasteiger partial charge in [-0.25, -0.2) is 8.37 Å². The number of halogens is 6. The Morgan fingerprint density at radius 1 is 0.682 bits per heavy atom. The minimum absolute atomic E-state index is 0.217. The van der Waals surface area contributed by atoms with Crippen LogP contribution in [0.4, 0.5) is 26.3 Å². The average Bonchev–Trinajstić information content (AvgIpc) is 2.22. The first-order chi connectivity index (χ1) is 9.41. The van der Waals surface area contributed by atoms with Crippen molar-refractivity contribution in [1.29, 1.82) is 0 Å². The van der Waals surface area contributed by atoms with Crippen molar-refractivity contribution in [3.05, 3.63) is 0 Å². The van der Waals surface area contributed by atoms with Gasteiger partial charge in [0.15, 0.2) is 16.8 Å². The first-order valence-electron chi connectivity index (χ1n) is 5.39. The molecule has 0 N–H and O–H groups in total. The lowest BCUT2D eigenvalue weighted by Crippen LogP contribution is -2.40. The van der Waals surface area contributed by atoms with Crippen molar-refractivity contribution in [2.45, 2.75) is 49.9 Å². The number of hydrogen-bond acceptors (Lipinski definition) is 6. The minimum atomic E-state index is -5.35. The maximum Gasteiger partial charge on any atom is 0.407 e. The summed E-state index contributed by atoms with van der Waals surface area (Å²) in [6.45, 7) is 0.963. The van der Waals surface area contributed by atoms with Crippen molar-refractivity contribution in [2.24, 2.45) is 0 Å². The molecule has 0 rings (SSSR count). The fourth-order valence-electron chi connectivity index (χ4n) is 0.888. The molecular weight excluding hydrogens is 370 g/mol. The van der Waals surface area contributed by atoms with Gasteiger partial charge in [0, 0.05) is 0 Å². The smallest absolute Gasteiger partial charge is 0.237 e. The second-order valence-corrected chi connectivity index (χ2v) is 7.88. The summed E-state index contributed by atoms with van der Waals surface area (Å²) in [5.41, 5.74) is 0. The predicted octanol–water partition coefficient (Wildman–Crippen LogP) is 1.93. The highest BCUT2D eigenvalue weighted by molar-refractivity contribution is 7.88. The van der Waals surface area contributed by atoms with Gasteiger partial charge < -0.3 is 0 Å². The van der Waals surface area contributed by atoms with Gasteiger partial charge in [-0.3, -0.25) is 0 Å². The Kier molecular flexibility index (Phi) is 6.31. The van der Waals surface area contributed by atoms with Gasteiger partial charge in [0.2, 0.25) is 0 Å². The molecule has 134 valence electrons.